The molecule has 2 amide bonds. The number of amides is 2. The van der Waals surface area contributed by atoms with Crippen LogP contribution in [-0.4, -0.2) is 35.2 Å². The van der Waals surface area contributed by atoms with Crippen molar-refractivity contribution in [3.63, 3.8) is 0 Å². The van der Waals surface area contributed by atoms with Crippen molar-refractivity contribution in [1.82, 2.24) is 10.2 Å². The summed E-state index contributed by atoms with van der Waals surface area (Å²) < 4.78 is 0. The summed E-state index contributed by atoms with van der Waals surface area (Å²) in [5.41, 5.74) is 2.64. The van der Waals surface area contributed by atoms with Crippen LogP contribution in [0.5, 0.6) is 0 Å². The molecule has 0 radical (unpaired) electrons. The van der Waals surface area contributed by atoms with Crippen LogP contribution in [0.15, 0.2) is 30.8 Å². The normalized spacial score (nSPS) is 15.7. The van der Waals surface area contributed by atoms with Crippen LogP contribution in [0.3, 0.4) is 0 Å². The molecule has 1 aliphatic rings. The maximum Gasteiger partial charge on any atom is 0.318 e. The van der Waals surface area contributed by atoms with Gasteiger partial charge in [0.1, 0.15) is 0 Å². The summed E-state index contributed by atoms with van der Waals surface area (Å²) in [5.74, 6) is 0. The van der Waals surface area contributed by atoms with Crippen LogP contribution in [0.2, 0.25) is 0 Å². The number of nitrogens with zero attached hydrogens (tertiary/aromatic N) is 1. The molecule has 0 atom stereocenters. The van der Waals surface area contributed by atoms with Crippen molar-refractivity contribution in [2.45, 2.75) is 32.4 Å². The number of β-amino-alcohol motifs (C(OH)–C–C–N with tert-alkyl or cyclic N) is 1. The van der Waals surface area contributed by atoms with Gasteiger partial charge in [0.25, 0.3) is 0 Å². The monoisotopic (exact) mass is 274 g/mol. The lowest BCUT2D eigenvalue weighted by atomic mass is 9.91. The average Bonchev–Trinajstić information content (AvgIpc) is 2.34. The molecule has 1 aliphatic heterocycles. The highest BCUT2D eigenvalue weighted by Crippen LogP contribution is 2.24. The first-order valence-corrected chi connectivity index (χ1v) is 6.81. The van der Waals surface area contributed by atoms with Gasteiger partial charge >= 0.3 is 6.03 Å². The Bertz CT molecular complexity index is 531. The first-order valence-electron chi connectivity index (χ1n) is 6.81. The second-order valence-corrected chi connectivity index (χ2v) is 5.98. The predicted octanol–water partition coefficient (Wildman–Crippen LogP) is 2.34. The zero-order valence-electron chi connectivity index (χ0n) is 12.3. The highest BCUT2D eigenvalue weighted by Gasteiger charge is 2.32. The molecule has 1 heterocycles. The van der Waals surface area contributed by atoms with E-state index in [2.05, 4.69) is 11.9 Å². The number of likely N-dealkylation sites (tertiary alicyclic amines) is 1. The Morgan fingerprint density at radius 1 is 1.45 bits per heavy atom. The Labute approximate surface area is 120 Å². The number of carbonyl (C=O) groups excluding carboxylic acids is 1. The molecule has 2 rings (SSSR count). The molecule has 4 nitrogen and oxygen atoms in total. The fraction of sp³-hybridized carbons (Fsp3) is 0.438. The van der Waals surface area contributed by atoms with Crippen molar-refractivity contribution < 1.29 is 9.90 Å². The van der Waals surface area contributed by atoms with Gasteiger partial charge in [-0.15, -0.1) is 0 Å². The molecule has 4 heteroatoms. The lowest BCUT2D eigenvalue weighted by molar-refractivity contribution is 0.0244. The molecule has 2 N–H and O–H groups in total. The fourth-order valence-electron chi connectivity index (χ4n) is 2.21. The number of hydrogen-bond acceptors (Lipinski definition) is 2. The third kappa shape index (κ3) is 3.02. The maximum atomic E-state index is 12.1. The standard InChI is InChI=1S/C16H22N2O2/c1-11(2)12-6-5-7-13(8-12)16(3,4)17-15(20)18-9-14(19)10-18/h5-8,14,19H,1,9-10H2,2-4H3,(H,17,20). The number of urea groups is 1. The van der Waals surface area contributed by atoms with Crippen molar-refractivity contribution in [2.75, 3.05) is 13.1 Å². The van der Waals surface area contributed by atoms with E-state index in [1.807, 2.05) is 45.0 Å². The van der Waals surface area contributed by atoms with Gasteiger partial charge in [0.05, 0.1) is 24.7 Å². The smallest absolute Gasteiger partial charge is 0.318 e. The van der Waals surface area contributed by atoms with Gasteiger partial charge in [-0.05, 0) is 38.0 Å². The largest absolute Gasteiger partial charge is 0.389 e. The number of nitrogens with one attached hydrogen (secondary N) is 1. The second kappa shape index (κ2) is 5.29. The topological polar surface area (TPSA) is 52.6 Å². The summed E-state index contributed by atoms with van der Waals surface area (Å²) in [7, 11) is 0. The number of benzene rings is 1. The van der Waals surface area contributed by atoms with Crippen molar-refractivity contribution >= 4 is 11.6 Å². The van der Waals surface area contributed by atoms with Gasteiger partial charge in [0.2, 0.25) is 0 Å². The Morgan fingerprint density at radius 3 is 2.65 bits per heavy atom. The van der Waals surface area contributed by atoms with Crippen LogP contribution in [0, 0.1) is 0 Å². The first-order chi connectivity index (χ1) is 9.29. The van der Waals surface area contributed by atoms with Gasteiger partial charge in [0, 0.05) is 0 Å². The number of rotatable bonds is 3. The predicted molar refractivity (Wildman–Crippen MR) is 80.3 cm³/mol. The third-order valence-electron chi connectivity index (χ3n) is 3.65. The van der Waals surface area contributed by atoms with E-state index in [1.165, 1.54) is 0 Å². The van der Waals surface area contributed by atoms with Crippen LogP contribution >= 0.6 is 0 Å². The van der Waals surface area contributed by atoms with E-state index in [9.17, 15) is 9.90 Å². The van der Waals surface area contributed by atoms with Crippen LogP contribution in [-0.2, 0) is 5.54 Å². The number of aliphatic hydroxyl groups excluding tert-OH is 1. The summed E-state index contributed by atoms with van der Waals surface area (Å²) in [5, 5.41) is 12.3. The SMILES string of the molecule is C=C(C)c1cccc(C(C)(C)NC(=O)N2CC(O)C2)c1. The summed E-state index contributed by atoms with van der Waals surface area (Å²) >= 11 is 0. The molecule has 0 aromatic heterocycles. The van der Waals surface area contributed by atoms with Gasteiger partial charge in [-0.2, -0.15) is 0 Å². The van der Waals surface area contributed by atoms with Gasteiger partial charge in [-0.1, -0.05) is 30.4 Å². The molecule has 0 bridgehead atoms. The molecule has 0 aliphatic carbocycles. The molecule has 1 aromatic carbocycles. The van der Waals surface area contributed by atoms with Gasteiger partial charge in [-0.25, -0.2) is 4.79 Å². The Kier molecular flexibility index (Phi) is 3.86. The number of carbonyl (C=O) groups is 1. The summed E-state index contributed by atoms with van der Waals surface area (Å²) in [4.78, 5) is 13.7. The van der Waals surface area contributed by atoms with Gasteiger partial charge in [0.15, 0.2) is 0 Å². The zero-order chi connectivity index (χ0) is 14.9. The van der Waals surface area contributed by atoms with Gasteiger partial charge < -0.3 is 15.3 Å². The molecule has 0 unspecified atom stereocenters. The summed E-state index contributed by atoms with van der Waals surface area (Å²) in [6.45, 7) is 10.7. The van der Waals surface area contributed by atoms with Gasteiger partial charge in [-0.3, -0.25) is 0 Å². The molecule has 20 heavy (non-hydrogen) atoms. The molecular formula is C16H22N2O2. The average molecular weight is 274 g/mol. The Morgan fingerprint density at radius 2 is 2.10 bits per heavy atom. The van der Waals surface area contributed by atoms with Crippen LogP contribution in [0.4, 0.5) is 4.79 Å². The Balaban J connectivity index is 2.11. The minimum Gasteiger partial charge on any atom is -0.389 e. The van der Waals surface area contributed by atoms with E-state index < -0.39 is 5.54 Å². The van der Waals surface area contributed by atoms with Crippen molar-refractivity contribution in [2.24, 2.45) is 0 Å². The quantitative estimate of drug-likeness (QED) is 0.889. The molecule has 0 spiro atoms. The molecule has 0 saturated carbocycles. The fourth-order valence-corrected chi connectivity index (χ4v) is 2.21. The molecule has 1 saturated heterocycles. The molecule has 1 aromatic rings. The number of aliphatic hydroxyl groups is 1. The van der Waals surface area contributed by atoms with E-state index in [0.717, 1.165) is 16.7 Å². The highest BCUT2D eigenvalue weighted by atomic mass is 16.3. The first kappa shape index (κ1) is 14.6. The third-order valence-corrected chi connectivity index (χ3v) is 3.65. The second-order valence-electron chi connectivity index (χ2n) is 5.98. The van der Waals surface area contributed by atoms with Crippen molar-refractivity contribution in [3.05, 3.63) is 42.0 Å². The minimum atomic E-state index is -0.469. The Hall–Kier alpha value is -1.81. The number of hydrogen-bond donors (Lipinski definition) is 2. The minimum absolute atomic E-state index is 0.138. The molecular weight excluding hydrogens is 252 g/mol. The summed E-state index contributed by atoms with van der Waals surface area (Å²) in [6, 6.07) is 7.89. The molecule has 1 fully saturated rings. The van der Waals surface area contributed by atoms with Crippen LogP contribution in [0.1, 0.15) is 31.9 Å². The number of allylic oxidation sites excluding steroid dienone is 1. The summed E-state index contributed by atoms with van der Waals surface area (Å²) in [6.07, 6.45) is -0.379. The molecule has 108 valence electrons. The van der Waals surface area contributed by atoms with E-state index in [1.54, 1.807) is 4.90 Å². The van der Waals surface area contributed by atoms with E-state index >= 15 is 0 Å². The van der Waals surface area contributed by atoms with E-state index in [0.29, 0.717) is 13.1 Å². The lowest BCUT2D eigenvalue weighted by Gasteiger charge is -2.38. The van der Waals surface area contributed by atoms with E-state index in [-0.39, 0.29) is 12.1 Å². The highest BCUT2D eigenvalue weighted by molar-refractivity contribution is 5.76. The van der Waals surface area contributed by atoms with E-state index in [4.69, 9.17) is 0 Å². The zero-order valence-corrected chi connectivity index (χ0v) is 12.3. The lowest BCUT2D eigenvalue weighted by Crippen LogP contribution is -2.59. The van der Waals surface area contributed by atoms with Crippen molar-refractivity contribution in [3.8, 4) is 0 Å². The van der Waals surface area contributed by atoms with Crippen molar-refractivity contribution in [1.29, 1.82) is 0 Å². The maximum absolute atomic E-state index is 12.1. The van der Waals surface area contributed by atoms with Crippen LogP contribution in [0.25, 0.3) is 5.57 Å². The van der Waals surface area contributed by atoms with Crippen LogP contribution < -0.4 is 5.32 Å².